The minimum atomic E-state index is -4.87. The normalized spacial score (nSPS) is 11.8. The molecule has 172 valence electrons. The summed E-state index contributed by atoms with van der Waals surface area (Å²) in [5.41, 5.74) is -0.353. The number of carbonyl (C=O) groups excluding carboxylic acids is 1. The lowest BCUT2D eigenvalue weighted by molar-refractivity contribution is -0.143. The number of fused-ring (bicyclic) bond motifs is 1. The van der Waals surface area contributed by atoms with Crippen molar-refractivity contribution in [2.24, 2.45) is 7.05 Å². The first-order chi connectivity index (χ1) is 16.2. The van der Waals surface area contributed by atoms with Gasteiger partial charge in [-0.2, -0.15) is 23.4 Å². The third-order valence-electron chi connectivity index (χ3n) is 4.82. The van der Waals surface area contributed by atoms with Gasteiger partial charge >= 0.3 is 6.18 Å². The molecule has 0 bridgehead atoms. The van der Waals surface area contributed by atoms with Gasteiger partial charge in [0.2, 0.25) is 0 Å². The van der Waals surface area contributed by atoms with Crippen molar-refractivity contribution in [3.05, 3.63) is 65.2 Å². The number of amides is 1. The number of halogens is 4. The van der Waals surface area contributed by atoms with Gasteiger partial charge < -0.3 is 5.32 Å². The van der Waals surface area contributed by atoms with Crippen molar-refractivity contribution in [1.82, 2.24) is 34.1 Å². The van der Waals surface area contributed by atoms with Crippen molar-refractivity contribution in [2.45, 2.75) is 6.18 Å². The summed E-state index contributed by atoms with van der Waals surface area (Å²) in [7, 11) is 1.73. The topological polar surface area (TPSA) is 103 Å². The standard InChI is InChI=1S/C20H12ClF3N8OS/c1-31-6-5-13(29-31)16-12(21)7-10(8-25-16)27-19(33)11-9-26-32(18(11)20(22,23)24)15-4-2-3-14-17(15)34-30-28-14/h2-9H,1H3,(H,27,33). The maximum atomic E-state index is 14.0. The van der Waals surface area contributed by atoms with Crippen molar-refractivity contribution in [3.8, 4) is 17.1 Å². The predicted molar refractivity (Wildman–Crippen MR) is 119 cm³/mol. The van der Waals surface area contributed by atoms with Crippen molar-refractivity contribution in [2.75, 3.05) is 5.32 Å². The van der Waals surface area contributed by atoms with E-state index >= 15 is 0 Å². The molecule has 1 N–H and O–H groups in total. The van der Waals surface area contributed by atoms with E-state index in [1.165, 1.54) is 24.4 Å². The monoisotopic (exact) mass is 504 g/mol. The van der Waals surface area contributed by atoms with E-state index in [-0.39, 0.29) is 16.4 Å². The van der Waals surface area contributed by atoms with E-state index in [9.17, 15) is 18.0 Å². The lowest BCUT2D eigenvalue weighted by Crippen LogP contribution is -2.20. The number of aromatic nitrogens is 7. The summed E-state index contributed by atoms with van der Waals surface area (Å²) in [6.45, 7) is 0. The van der Waals surface area contributed by atoms with Gasteiger partial charge in [-0.05, 0) is 35.8 Å². The van der Waals surface area contributed by atoms with Gasteiger partial charge in [0, 0.05) is 13.2 Å². The molecule has 34 heavy (non-hydrogen) atoms. The molecule has 0 fully saturated rings. The number of hydrogen-bond acceptors (Lipinski definition) is 7. The molecule has 1 aromatic carbocycles. The first kappa shape index (κ1) is 22.0. The fourth-order valence-corrected chi connectivity index (χ4v) is 4.29. The number of alkyl halides is 3. The van der Waals surface area contributed by atoms with Crippen LogP contribution in [0.25, 0.3) is 27.3 Å². The van der Waals surface area contributed by atoms with Gasteiger partial charge in [0.25, 0.3) is 5.91 Å². The molecular formula is C20H12ClF3N8OS. The average Bonchev–Trinajstić information content (AvgIpc) is 3.52. The van der Waals surface area contributed by atoms with Gasteiger partial charge in [-0.15, -0.1) is 5.10 Å². The van der Waals surface area contributed by atoms with E-state index in [0.717, 1.165) is 17.7 Å². The number of pyridine rings is 1. The maximum absolute atomic E-state index is 14.0. The number of hydrogen-bond donors (Lipinski definition) is 1. The van der Waals surface area contributed by atoms with E-state index in [0.29, 0.717) is 26.3 Å². The fraction of sp³-hybridized carbons (Fsp3) is 0.100. The zero-order valence-corrected chi connectivity index (χ0v) is 18.7. The molecule has 14 heteroatoms. The summed E-state index contributed by atoms with van der Waals surface area (Å²) in [5, 5.41) is 14.5. The van der Waals surface area contributed by atoms with E-state index in [4.69, 9.17) is 11.6 Å². The Labute approximate surface area is 198 Å². The lowest BCUT2D eigenvalue weighted by Gasteiger charge is -2.13. The maximum Gasteiger partial charge on any atom is 0.434 e. The highest BCUT2D eigenvalue weighted by molar-refractivity contribution is 7.13. The van der Waals surface area contributed by atoms with Crippen molar-refractivity contribution >= 4 is 44.9 Å². The summed E-state index contributed by atoms with van der Waals surface area (Å²) in [6.07, 6.45) is -1.01. The van der Waals surface area contributed by atoms with Gasteiger partial charge in [-0.1, -0.05) is 22.2 Å². The van der Waals surface area contributed by atoms with Gasteiger partial charge in [-0.3, -0.25) is 14.5 Å². The Bertz CT molecular complexity index is 1540. The van der Waals surface area contributed by atoms with E-state index in [1.807, 2.05) is 0 Å². The molecule has 0 aliphatic heterocycles. The Morgan fingerprint density at radius 3 is 2.74 bits per heavy atom. The minimum absolute atomic E-state index is 0.114. The molecule has 0 aliphatic rings. The van der Waals surface area contributed by atoms with Gasteiger partial charge in [0.1, 0.15) is 21.6 Å². The van der Waals surface area contributed by atoms with Crippen LogP contribution in [0.2, 0.25) is 5.02 Å². The van der Waals surface area contributed by atoms with Crippen LogP contribution in [0, 0.1) is 0 Å². The Morgan fingerprint density at radius 2 is 2.03 bits per heavy atom. The third kappa shape index (κ3) is 3.88. The molecule has 0 atom stereocenters. The highest BCUT2D eigenvalue weighted by atomic mass is 35.5. The minimum Gasteiger partial charge on any atom is -0.320 e. The highest BCUT2D eigenvalue weighted by Gasteiger charge is 2.41. The molecule has 0 radical (unpaired) electrons. The number of nitrogens with one attached hydrogen (secondary N) is 1. The number of carbonyl (C=O) groups is 1. The zero-order chi connectivity index (χ0) is 24.0. The molecule has 0 unspecified atom stereocenters. The van der Waals surface area contributed by atoms with Crippen molar-refractivity contribution in [3.63, 3.8) is 0 Å². The molecular weight excluding hydrogens is 493 g/mol. The zero-order valence-electron chi connectivity index (χ0n) is 17.1. The molecule has 4 aromatic heterocycles. The SMILES string of the molecule is Cn1ccc(-c2ncc(NC(=O)c3cnn(-c4cccc5nnsc45)c3C(F)(F)F)cc2Cl)n1. The fourth-order valence-electron chi connectivity index (χ4n) is 3.36. The molecule has 0 spiro atoms. The number of nitrogens with zero attached hydrogens (tertiary/aromatic N) is 7. The third-order valence-corrected chi connectivity index (χ3v) is 5.87. The molecule has 4 heterocycles. The second-order valence-electron chi connectivity index (χ2n) is 7.10. The van der Waals surface area contributed by atoms with Gasteiger partial charge in [0.05, 0.1) is 34.4 Å². The highest BCUT2D eigenvalue weighted by Crippen LogP contribution is 2.36. The van der Waals surface area contributed by atoms with Crippen molar-refractivity contribution in [1.29, 1.82) is 0 Å². The number of anilines is 1. The van der Waals surface area contributed by atoms with Crippen LogP contribution in [0.15, 0.2) is 48.9 Å². The van der Waals surface area contributed by atoms with Crippen molar-refractivity contribution < 1.29 is 18.0 Å². The summed E-state index contributed by atoms with van der Waals surface area (Å²) < 4.78 is 48.6. The van der Waals surface area contributed by atoms with Crippen LogP contribution in [0.5, 0.6) is 0 Å². The first-order valence-corrected chi connectivity index (χ1v) is 10.7. The van der Waals surface area contributed by atoms with Crippen LogP contribution in [0.3, 0.4) is 0 Å². The summed E-state index contributed by atoms with van der Waals surface area (Å²) >= 11 is 7.20. The number of aryl methyl sites for hydroxylation is 1. The molecule has 9 nitrogen and oxygen atoms in total. The average molecular weight is 505 g/mol. The quantitative estimate of drug-likeness (QED) is 0.384. The Hall–Kier alpha value is -3.84. The molecule has 5 aromatic rings. The summed E-state index contributed by atoms with van der Waals surface area (Å²) in [6, 6.07) is 7.70. The molecule has 1 amide bonds. The molecule has 5 rings (SSSR count). The lowest BCUT2D eigenvalue weighted by atomic mass is 10.2. The first-order valence-electron chi connectivity index (χ1n) is 9.56. The van der Waals surface area contributed by atoms with Crippen LogP contribution in [-0.4, -0.2) is 40.0 Å². The second kappa shape index (κ2) is 8.18. The van der Waals surface area contributed by atoms with E-state index < -0.39 is 23.3 Å². The van der Waals surface area contributed by atoms with Crippen LogP contribution >= 0.6 is 23.1 Å². The number of benzene rings is 1. The molecule has 0 saturated carbocycles. The molecule has 0 saturated heterocycles. The van der Waals surface area contributed by atoms with E-state index in [2.05, 4.69) is 30.1 Å². The van der Waals surface area contributed by atoms with E-state index in [1.54, 1.807) is 30.1 Å². The Balaban J connectivity index is 1.50. The molecule has 0 aliphatic carbocycles. The summed E-state index contributed by atoms with van der Waals surface area (Å²) in [4.78, 5) is 17.0. The Morgan fingerprint density at radius 1 is 1.21 bits per heavy atom. The Kier molecular flexibility index (Phi) is 5.29. The van der Waals surface area contributed by atoms with Crippen LogP contribution in [0.1, 0.15) is 16.1 Å². The van der Waals surface area contributed by atoms with Crippen LogP contribution in [0.4, 0.5) is 18.9 Å². The van der Waals surface area contributed by atoms with Gasteiger partial charge in [-0.25, -0.2) is 4.68 Å². The smallest absolute Gasteiger partial charge is 0.320 e. The van der Waals surface area contributed by atoms with Crippen LogP contribution < -0.4 is 5.32 Å². The largest absolute Gasteiger partial charge is 0.434 e. The van der Waals surface area contributed by atoms with Gasteiger partial charge in [0.15, 0.2) is 5.69 Å². The number of rotatable bonds is 4. The second-order valence-corrected chi connectivity index (χ2v) is 8.26. The predicted octanol–water partition coefficient (Wildman–Crippen LogP) is 4.60. The van der Waals surface area contributed by atoms with Crippen LogP contribution in [-0.2, 0) is 13.2 Å². The summed E-state index contributed by atoms with van der Waals surface area (Å²) in [5.74, 6) is -1.02.